The van der Waals surface area contributed by atoms with E-state index >= 15 is 0 Å². The number of piperidine rings is 3. The van der Waals surface area contributed by atoms with Crippen molar-refractivity contribution >= 4 is 5.97 Å². The number of methoxy groups -OCH3 is 1. The van der Waals surface area contributed by atoms with Crippen LogP contribution >= 0.6 is 0 Å². The molecule has 3 saturated heterocycles. The Balaban J connectivity index is 2.22. The molecule has 0 spiro atoms. The third-order valence-corrected chi connectivity index (χ3v) is 3.50. The van der Waals surface area contributed by atoms with E-state index in [1.165, 1.54) is 7.11 Å². The van der Waals surface area contributed by atoms with Crippen LogP contribution in [0.2, 0.25) is 0 Å². The molecule has 4 heteroatoms. The third-order valence-electron chi connectivity index (χ3n) is 3.50. The minimum Gasteiger partial charge on any atom is -0.469 e. The zero-order chi connectivity index (χ0) is 9.47. The topological polar surface area (TPSA) is 55.6 Å². The minimum absolute atomic E-state index is 0.0394. The first-order valence-corrected chi connectivity index (χ1v) is 4.75. The molecular weight excluding hydrogens is 168 g/mol. The Hall–Kier alpha value is -0.610. The number of fused-ring (bicyclic) bond motifs is 3. The molecule has 3 rings (SSSR count). The Kier molecular flexibility index (Phi) is 2.04. The molecule has 0 amide bonds. The average molecular weight is 184 g/mol. The molecule has 74 valence electrons. The number of esters is 1. The van der Waals surface area contributed by atoms with Crippen LogP contribution < -0.4 is 5.73 Å². The summed E-state index contributed by atoms with van der Waals surface area (Å²) in [6.45, 7) is 2.82. The van der Waals surface area contributed by atoms with Gasteiger partial charge >= 0.3 is 5.97 Å². The second-order valence-electron chi connectivity index (χ2n) is 4.05. The largest absolute Gasteiger partial charge is 0.469 e. The summed E-state index contributed by atoms with van der Waals surface area (Å²) in [5, 5.41) is 0. The van der Waals surface area contributed by atoms with Crippen LogP contribution in [-0.4, -0.2) is 43.7 Å². The molecule has 0 aromatic heterocycles. The number of nitrogens with two attached hydrogens (primary N) is 1. The second-order valence-corrected chi connectivity index (χ2v) is 4.05. The normalized spacial score (nSPS) is 43.2. The zero-order valence-electron chi connectivity index (χ0n) is 7.95. The fourth-order valence-electron chi connectivity index (χ4n) is 2.52. The van der Waals surface area contributed by atoms with Crippen LogP contribution in [-0.2, 0) is 9.53 Å². The lowest BCUT2D eigenvalue weighted by Crippen LogP contribution is -2.64. The van der Waals surface area contributed by atoms with Gasteiger partial charge in [0.25, 0.3) is 0 Å². The highest BCUT2D eigenvalue weighted by molar-refractivity contribution is 5.78. The fourth-order valence-corrected chi connectivity index (χ4v) is 2.52. The molecule has 0 saturated carbocycles. The lowest BCUT2D eigenvalue weighted by molar-refractivity contribution is -0.162. The maximum atomic E-state index is 11.6. The molecule has 3 fully saturated rings. The molecule has 3 aliphatic rings. The van der Waals surface area contributed by atoms with Gasteiger partial charge in [0, 0.05) is 12.6 Å². The molecule has 0 aromatic carbocycles. The summed E-state index contributed by atoms with van der Waals surface area (Å²) in [6.07, 6.45) is 1.72. The smallest absolute Gasteiger partial charge is 0.313 e. The van der Waals surface area contributed by atoms with Gasteiger partial charge in [0.1, 0.15) is 0 Å². The lowest BCUT2D eigenvalue weighted by atomic mass is 9.69. The summed E-state index contributed by atoms with van der Waals surface area (Å²) >= 11 is 0. The van der Waals surface area contributed by atoms with E-state index < -0.39 is 0 Å². The number of hydrogen-bond acceptors (Lipinski definition) is 4. The van der Waals surface area contributed by atoms with Crippen molar-refractivity contribution in [2.24, 2.45) is 11.1 Å². The van der Waals surface area contributed by atoms with Crippen LogP contribution in [0.25, 0.3) is 0 Å². The van der Waals surface area contributed by atoms with Gasteiger partial charge in [-0.2, -0.15) is 0 Å². The molecule has 4 nitrogen and oxygen atoms in total. The van der Waals surface area contributed by atoms with Gasteiger partial charge in [0.15, 0.2) is 0 Å². The van der Waals surface area contributed by atoms with Crippen molar-refractivity contribution in [2.75, 3.05) is 26.7 Å². The third kappa shape index (κ3) is 1.16. The van der Waals surface area contributed by atoms with Crippen molar-refractivity contribution in [2.45, 2.75) is 18.9 Å². The molecule has 1 unspecified atom stereocenters. The summed E-state index contributed by atoms with van der Waals surface area (Å²) in [5.74, 6) is -0.112. The summed E-state index contributed by atoms with van der Waals surface area (Å²) in [4.78, 5) is 13.9. The summed E-state index contributed by atoms with van der Waals surface area (Å²) < 4.78 is 4.84. The van der Waals surface area contributed by atoms with E-state index in [0.717, 1.165) is 32.5 Å². The van der Waals surface area contributed by atoms with E-state index in [4.69, 9.17) is 10.5 Å². The van der Waals surface area contributed by atoms with E-state index in [0.29, 0.717) is 0 Å². The van der Waals surface area contributed by atoms with E-state index in [2.05, 4.69) is 4.90 Å². The molecule has 3 heterocycles. The van der Waals surface area contributed by atoms with Crippen molar-refractivity contribution in [3.05, 3.63) is 0 Å². The first kappa shape index (κ1) is 8.97. The number of carbonyl (C=O) groups excluding carboxylic acids is 1. The number of carbonyl (C=O) groups is 1. The molecule has 0 aliphatic carbocycles. The van der Waals surface area contributed by atoms with Crippen molar-refractivity contribution in [3.63, 3.8) is 0 Å². The van der Waals surface area contributed by atoms with Crippen LogP contribution in [0.1, 0.15) is 12.8 Å². The van der Waals surface area contributed by atoms with Crippen LogP contribution in [0.3, 0.4) is 0 Å². The number of nitrogens with zero attached hydrogens (tertiary/aromatic N) is 1. The minimum atomic E-state index is -0.372. The van der Waals surface area contributed by atoms with Crippen molar-refractivity contribution in [1.29, 1.82) is 0 Å². The van der Waals surface area contributed by atoms with Gasteiger partial charge in [0.2, 0.25) is 0 Å². The SMILES string of the molecule is COC(=O)C12CCN(CC1)CC2N. The average Bonchev–Trinajstić information content (AvgIpc) is 2.18. The van der Waals surface area contributed by atoms with Crippen LogP contribution in [0, 0.1) is 5.41 Å². The van der Waals surface area contributed by atoms with Crippen molar-refractivity contribution in [1.82, 2.24) is 4.90 Å². The van der Waals surface area contributed by atoms with Crippen LogP contribution in [0.4, 0.5) is 0 Å². The van der Waals surface area contributed by atoms with Gasteiger partial charge in [-0.3, -0.25) is 4.79 Å². The van der Waals surface area contributed by atoms with Gasteiger partial charge in [0.05, 0.1) is 12.5 Å². The standard InChI is InChI=1S/C9H16N2O2/c1-13-8(12)9-2-4-11(5-3-9)6-7(9)10/h7H,2-6,10H2,1H3. The van der Waals surface area contributed by atoms with E-state index in [1.807, 2.05) is 0 Å². The van der Waals surface area contributed by atoms with Crippen LogP contribution in [0.15, 0.2) is 0 Å². The number of ether oxygens (including phenoxy) is 1. The Bertz CT molecular complexity index is 222. The van der Waals surface area contributed by atoms with Gasteiger partial charge in [-0.25, -0.2) is 0 Å². The van der Waals surface area contributed by atoms with E-state index in [-0.39, 0.29) is 17.4 Å². The maximum absolute atomic E-state index is 11.6. The molecule has 2 bridgehead atoms. The molecule has 3 aliphatic heterocycles. The molecule has 1 atom stereocenters. The lowest BCUT2D eigenvalue weighted by Gasteiger charge is -2.50. The van der Waals surface area contributed by atoms with E-state index in [9.17, 15) is 4.79 Å². The highest BCUT2D eigenvalue weighted by Crippen LogP contribution is 2.40. The van der Waals surface area contributed by atoms with E-state index in [1.54, 1.807) is 0 Å². The maximum Gasteiger partial charge on any atom is 0.313 e. The molecular formula is C9H16N2O2. The Morgan fingerprint density at radius 2 is 2.15 bits per heavy atom. The molecule has 13 heavy (non-hydrogen) atoms. The zero-order valence-corrected chi connectivity index (χ0v) is 7.95. The van der Waals surface area contributed by atoms with Gasteiger partial charge in [-0.05, 0) is 25.9 Å². The molecule has 2 N–H and O–H groups in total. The highest BCUT2D eigenvalue weighted by atomic mass is 16.5. The highest BCUT2D eigenvalue weighted by Gasteiger charge is 2.51. The van der Waals surface area contributed by atoms with Crippen molar-refractivity contribution in [3.8, 4) is 0 Å². The Morgan fingerprint density at radius 3 is 2.62 bits per heavy atom. The predicted octanol–water partition coefficient (Wildman–Crippen LogP) is -0.417. The predicted molar refractivity (Wildman–Crippen MR) is 48.1 cm³/mol. The quantitative estimate of drug-likeness (QED) is 0.562. The first-order chi connectivity index (χ1) is 6.19. The van der Waals surface area contributed by atoms with Gasteiger partial charge in [-0.1, -0.05) is 0 Å². The van der Waals surface area contributed by atoms with Crippen LogP contribution in [0.5, 0.6) is 0 Å². The first-order valence-electron chi connectivity index (χ1n) is 4.75. The summed E-state index contributed by atoms with van der Waals surface area (Å²) in [7, 11) is 1.45. The van der Waals surface area contributed by atoms with Crippen molar-refractivity contribution < 1.29 is 9.53 Å². The number of hydrogen-bond donors (Lipinski definition) is 1. The number of rotatable bonds is 1. The summed E-state index contributed by atoms with van der Waals surface area (Å²) in [6, 6.07) is -0.0394. The molecule has 0 radical (unpaired) electrons. The second kappa shape index (κ2) is 2.96. The Labute approximate surface area is 78.0 Å². The molecule has 0 aromatic rings. The fraction of sp³-hybridized carbons (Fsp3) is 0.889. The van der Waals surface area contributed by atoms with Gasteiger partial charge < -0.3 is 15.4 Å². The summed E-state index contributed by atoms with van der Waals surface area (Å²) in [5.41, 5.74) is 5.62. The monoisotopic (exact) mass is 184 g/mol. The Morgan fingerprint density at radius 1 is 1.54 bits per heavy atom. The van der Waals surface area contributed by atoms with Gasteiger partial charge in [-0.15, -0.1) is 0 Å².